The molecule has 2 aromatic carbocycles. The van der Waals surface area contributed by atoms with Crippen molar-refractivity contribution < 1.29 is 28.5 Å². The van der Waals surface area contributed by atoms with Crippen LogP contribution in [0.3, 0.4) is 0 Å². The van der Waals surface area contributed by atoms with Gasteiger partial charge < -0.3 is 23.7 Å². The fourth-order valence-corrected chi connectivity index (χ4v) is 2.73. The molecule has 0 aromatic heterocycles. The van der Waals surface area contributed by atoms with Gasteiger partial charge in [-0.15, -0.1) is 0 Å². The Labute approximate surface area is 150 Å². The highest BCUT2D eigenvalue weighted by molar-refractivity contribution is 6.32. The van der Waals surface area contributed by atoms with Crippen LogP contribution in [0.4, 0.5) is 0 Å². The molecule has 0 saturated carbocycles. The number of hydrogen-bond acceptors (Lipinski definition) is 6. The van der Waals surface area contributed by atoms with Gasteiger partial charge in [0.15, 0.2) is 23.0 Å². The lowest BCUT2D eigenvalue weighted by Crippen LogP contribution is -2.16. The van der Waals surface area contributed by atoms with E-state index >= 15 is 0 Å². The van der Waals surface area contributed by atoms with E-state index in [4.69, 9.17) is 35.3 Å². The summed E-state index contributed by atoms with van der Waals surface area (Å²) in [4.78, 5) is 11.6. The Bertz CT molecular complexity index is 789. The molecular weight excluding hydrogens is 348 g/mol. The van der Waals surface area contributed by atoms with E-state index in [1.54, 1.807) is 24.3 Å². The van der Waals surface area contributed by atoms with E-state index < -0.39 is 5.97 Å². The average molecular weight is 365 g/mol. The van der Waals surface area contributed by atoms with Gasteiger partial charge in [-0.05, 0) is 35.9 Å². The second-order valence-electron chi connectivity index (χ2n) is 5.25. The van der Waals surface area contributed by atoms with Crippen LogP contribution in [0.25, 0.3) is 0 Å². The van der Waals surface area contributed by atoms with Crippen LogP contribution in [0.5, 0.6) is 23.0 Å². The summed E-state index contributed by atoms with van der Waals surface area (Å²) < 4.78 is 26.8. The Balaban J connectivity index is 1.77. The van der Waals surface area contributed by atoms with Crippen molar-refractivity contribution in [1.29, 1.82) is 0 Å². The predicted molar refractivity (Wildman–Crippen MR) is 91.1 cm³/mol. The fourth-order valence-electron chi connectivity index (χ4n) is 2.44. The molecule has 0 unspecified atom stereocenters. The minimum Gasteiger partial charge on any atom is -0.493 e. The second kappa shape index (κ2) is 7.53. The van der Waals surface area contributed by atoms with Gasteiger partial charge in [0.2, 0.25) is 0 Å². The molecule has 0 aliphatic carbocycles. The van der Waals surface area contributed by atoms with Gasteiger partial charge in [-0.3, -0.25) is 0 Å². The van der Waals surface area contributed by atoms with E-state index in [-0.39, 0.29) is 6.61 Å². The Morgan fingerprint density at radius 3 is 2.68 bits per heavy atom. The number of esters is 1. The number of fused-ring (bicyclic) bond motifs is 1. The van der Waals surface area contributed by atoms with Crippen molar-refractivity contribution in [3.63, 3.8) is 0 Å². The molecule has 6 nitrogen and oxygen atoms in total. The molecule has 7 heteroatoms. The van der Waals surface area contributed by atoms with E-state index in [9.17, 15) is 4.79 Å². The summed E-state index contributed by atoms with van der Waals surface area (Å²) in [6.07, 6.45) is 0. The van der Waals surface area contributed by atoms with Gasteiger partial charge in [0.1, 0.15) is 19.8 Å². The Morgan fingerprint density at radius 1 is 1.12 bits per heavy atom. The SMILES string of the molecule is COC(=O)c1ccc(OCc2cc(Cl)c3c(c2)OCCO3)c(OC)c1. The highest BCUT2D eigenvalue weighted by atomic mass is 35.5. The van der Waals surface area contributed by atoms with E-state index in [2.05, 4.69) is 0 Å². The Kier molecular flexibility index (Phi) is 5.19. The van der Waals surface area contributed by atoms with Gasteiger partial charge in [0, 0.05) is 0 Å². The van der Waals surface area contributed by atoms with Gasteiger partial charge in [-0.25, -0.2) is 4.79 Å². The van der Waals surface area contributed by atoms with Crippen LogP contribution in [-0.2, 0) is 11.3 Å². The normalized spacial score (nSPS) is 12.4. The number of carbonyl (C=O) groups excluding carboxylic acids is 1. The smallest absolute Gasteiger partial charge is 0.337 e. The monoisotopic (exact) mass is 364 g/mol. The molecule has 132 valence electrons. The zero-order valence-corrected chi connectivity index (χ0v) is 14.6. The third kappa shape index (κ3) is 3.74. The lowest BCUT2D eigenvalue weighted by Gasteiger charge is -2.20. The summed E-state index contributed by atoms with van der Waals surface area (Å²) in [7, 11) is 2.83. The van der Waals surface area contributed by atoms with Gasteiger partial charge in [0.25, 0.3) is 0 Å². The summed E-state index contributed by atoms with van der Waals surface area (Å²) in [5.74, 6) is 1.65. The van der Waals surface area contributed by atoms with Gasteiger partial charge in [0.05, 0.1) is 24.8 Å². The molecule has 1 aliphatic heterocycles. The molecule has 0 saturated heterocycles. The highest BCUT2D eigenvalue weighted by Crippen LogP contribution is 2.39. The van der Waals surface area contributed by atoms with E-state index in [1.807, 2.05) is 6.07 Å². The quantitative estimate of drug-likeness (QED) is 0.757. The first-order chi connectivity index (χ1) is 12.1. The number of methoxy groups -OCH3 is 2. The highest BCUT2D eigenvalue weighted by Gasteiger charge is 2.17. The van der Waals surface area contributed by atoms with Crippen LogP contribution in [0.15, 0.2) is 30.3 Å². The zero-order valence-electron chi connectivity index (χ0n) is 13.8. The number of hydrogen-bond donors (Lipinski definition) is 0. The Hall–Kier alpha value is -2.60. The number of benzene rings is 2. The van der Waals surface area contributed by atoms with Crippen LogP contribution in [0.2, 0.25) is 5.02 Å². The molecule has 1 aliphatic rings. The molecule has 0 N–H and O–H groups in total. The molecule has 0 atom stereocenters. The minimum atomic E-state index is -0.441. The second-order valence-corrected chi connectivity index (χ2v) is 5.65. The molecule has 2 aromatic rings. The molecule has 0 radical (unpaired) electrons. The summed E-state index contributed by atoms with van der Waals surface area (Å²) in [6.45, 7) is 1.22. The summed E-state index contributed by atoms with van der Waals surface area (Å²) in [6, 6.07) is 8.43. The van der Waals surface area contributed by atoms with Crippen molar-refractivity contribution in [2.75, 3.05) is 27.4 Å². The van der Waals surface area contributed by atoms with Gasteiger partial charge in [-0.1, -0.05) is 11.6 Å². The van der Waals surface area contributed by atoms with E-state index in [0.29, 0.717) is 46.8 Å². The first kappa shape index (κ1) is 17.2. The molecule has 25 heavy (non-hydrogen) atoms. The van der Waals surface area contributed by atoms with Crippen molar-refractivity contribution >= 4 is 17.6 Å². The lowest BCUT2D eigenvalue weighted by atomic mass is 10.2. The van der Waals surface area contributed by atoms with Crippen LogP contribution >= 0.6 is 11.6 Å². The summed E-state index contributed by atoms with van der Waals surface area (Å²) >= 11 is 6.22. The van der Waals surface area contributed by atoms with Gasteiger partial charge >= 0.3 is 5.97 Å². The third-order valence-electron chi connectivity index (χ3n) is 3.64. The molecule has 0 amide bonds. The lowest BCUT2D eigenvalue weighted by molar-refractivity contribution is 0.0600. The molecule has 0 bridgehead atoms. The third-order valence-corrected chi connectivity index (χ3v) is 3.92. The van der Waals surface area contributed by atoms with Crippen molar-refractivity contribution in [1.82, 2.24) is 0 Å². The van der Waals surface area contributed by atoms with Crippen molar-refractivity contribution in [2.45, 2.75) is 6.61 Å². The number of carbonyl (C=O) groups is 1. The average Bonchev–Trinajstić information content (AvgIpc) is 2.65. The molecule has 0 fully saturated rings. The van der Waals surface area contributed by atoms with Gasteiger partial charge in [-0.2, -0.15) is 0 Å². The van der Waals surface area contributed by atoms with E-state index in [1.165, 1.54) is 14.2 Å². The van der Waals surface area contributed by atoms with Crippen molar-refractivity contribution in [3.05, 3.63) is 46.5 Å². The fraction of sp³-hybridized carbons (Fsp3) is 0.278. The maximum atomic E-state index is 11.6. The predicted octanol–water partition coefficient (Wildman–Crippen LogP) is 3.49. The number of rotatable bonds is 5. The maximum absolute atomic E-state index is 11.6. The topological polar surface area (TPSA) is 63.2 Å². The standard InChI is InChI=1S/C18H17ClO6/c1-21-15-9-12(18(20)22-2)3-4-14(15)25-10-11-7-13(19)17-16(8-11)23-5-6-24-17/h3-4,7-9H,5-6,10H2,1-2H3. The molecule has 3 rings (SSSR count). The zero-order chi connectivity index (χ0) is 17.8. The van der Waals surface area contributed by atoms with E-state index in [0.717, 1.165) is 5.56 Å². The Morgan fingerprint density at radius 2 is 1.92 bits per heavy atom. The van der Waals surface area contributed by atoms with Crippen LogP contribution < -0.4 is 18.9 Å². The molecule has 0 spiro atoms. The molecular formula is C18H17ClO6. The largest absolute Gasteiger partial charge is 0.493 e. The number of halogens is 1. The van der Waals surface area contributed by atoms with Crippen LogP contribution in [0.1, 0.15) is 15.9 Å². The minimum absolute atomic E-state index is 0.254. The number of ether oxygens (including phenoxy) is 5. The van der Waals surface area contributed by atoms with Crippen LogP contribution in [-0.4, -0.2) is 33.4 Å². The summed E-state index contributed by atoms with van der Waals surface area (Å²) in [5.41, 5.74) is 1.21. The maximum Gasteiger partial charge on any atom is 0.337 e. The van der Waals surface area contributed by atoms with Crippen molar-refractivity contribution in [2.24, 2.45) is 0 Å². The van der Waals surface area contributed by atoms with Crippen LogP contribution in [0, 0.1) is 0 Å². The first-order valence-electron chi connectivity index (χ1n) is 7.59. The van der Waals surface area contributed by atoms with Crippen molar-refractivity contribution in [3.8, 4) is 23.0 Å². The summed E-state index contributed by atoms with van der Waals surface area (Å²) in [5, 5.41) is 0.476. The molecule has 1 heterocycles. The first-order valence-corrected chi connectivity index (χ1v) is 7.97.